The fraction of sp³-hybridized carbons (Fsp3) is 0.296. The lowest BCUT2D eigenvalue weighted by Gasteiger charge is -2.32. The van der Waals surface area contributed by atoms with Gasteiger partial charge in [0.25, 0.3) is 0 Å². The fourth-order valence-corrected chi connectivity index (χ4v) is 4.52. The van der Waals surface area contributed by atoms with E-state index in [1.54, 1.807) is 13.2 Å². The van der Waals surface area contributed by atoms with Crippen LogP contribution in [0.3, 0.4) is 0 Å². The first-order chi connectivity index (χ1) is 16.1. The second-order valence-corrected chi connectivity index (χ2v) is 10.6. The van der Waals surface area contributed by atoms with E-state index in [0.29, 0.717) is 10.8 Å². The lowest BCUT2D eigenvalue weighted by atomic mass is 9.95. The Morgan fingerprint density at radius 2 is 1.74 bits per heavy atom. The molecule has 0 amide bonds. The van der Waals surface area contributed by atoms with Crippen LogP contribution in [-0.2, 0) is 7.05 Å². The average Bonchev–Trinajstić information content (AvgIpc) is 3.09. The maximum Gasteiger partial charge on any atom is 0.208 e. The Morgan fingerprint density at radius 1 is 1.03 bits per heavy atom. The number of rotatable bonds is 6. The van der Waals surface area contributed by atoms with E-state index >= 15 is 0 Å². The van der Waals surface area contributed by atoms with E-state index in [1.807, 2.05) is 44.3 Å². The first-order valence-electron chi connectivity index (χ1n) is 11.2. The van der Waals surface area contributed by atoms with Gasteiger partial charge in [0.05, 0.1) is 29.5 Å². The van der Waals surface area contributed by atoms with Crippen molar-refractivity contribution in [2.75, 3.05) is 23.9 Å². The predicted molar refractivity (Wildman–Crippen MR) is 145 cm³/mol. The summed E-state index contributed by atoms with van der Waals surface area (Å²) in [5.74, 6) is 1.39. The van der Waals surface area contributed by atoms with E-state index < -0.39 is 0 Å². The number of anilines is 4. The number of benzene rings is 3. The topological polar surface area (TPSA) is 42.3 Å². The van der Waals surface area contributed by atoms with Crippen molar-refractivity contribution in [1.82, 2.24) is 9.55 Å². The maximum atomic E-state index is 6.23. The average molecular weight is 497 g/mol. The molecule has 178 valence electrons. The summed E-state index contributed by atoms with van der Waals surface area (Å²) in [7, 11) is 3.66. The van der Waals surface area contributed by atoms with Crippen LogP contribution in [0.2, 0.25) is 10.0 Å². The zero-order chi connectivity index (χ0) is 24.6. The highest BCUT2D eigenvalue weighted by atomic mass is 35.5. The lowest BCUT2D eigenvalue weighted by molar-refractivity contribution is 0.416. The Kier molecular flexibility index (Phi) is 6.70. The van der Waals surface area contributed by atoms with Crippen LogP contribution >= 0.6 is 23.2 Å². The van der Waals surface area contributed by atoms with E-state index in [0.717, 1.165) is 51.2 Å². The van der Waals surface area contributed by atoms with Gasteiger partial charge < -0.3 is 19.5 Å². The number of para-hydroxylation sites is 1. The summed E-state index contributed by atoms with van der Waals surface area (Å²) in [5, 5.41) is 4.82. The first kappa shape index (κ1) is 24.2. The van der Waals surface area contributed by atoms with Crippen molar-refractivity contribution in [2.45, 2.75) is 27.7 Å². The van der Waals surface area contributed by atoms with Gasteiger partial charge in [0.1, 0.15) is 5.75 Å². The number of aromatic nitrogens is 2. The summed E-state index contributed by atoms with van der Waals surface area (Å²) >= 11 is 12.4. The summed E-state index contributed by atoms with van der Waals surface area (Å²) in [6.45, 7) is 9.54. The van der Waals surface area contributed by atoms with E-state index in [2.05, 4.69) is 53.8 Å². The molecule has 5 nitrogen and oxygen atoms in total. The highest BCUT2D eigenvalue weighted by Crippen LogP contribution is 2.38. The van der Waals surface area contributed by atoms with Crippen LogP contribution in [0.5, 0.6) is 5.75 Å². The number of hydrogen-bond donors (Lipinski definition) is 1. The molecule has 34 heavy (non-hydrogen) atoms. The van der Waals surface area contributed by atoms with Crippen molar-refractivity contribution in [3.8, 4) is 5.75 Å². The molecule has 1 heterocycles. The van der Waals surface area contributed by atoms with Crippen molar-refractivity contribution in [2.24, 2.45) is 12.5 Å². The van der Waals surface area contributed by atoms with Gasteiger partial charge in [0.15, 0.2) is 0 Å². The van der Waals surface area contributed by atoms with Crippen LogP contribution in [0.4, 0.5) is 23.0 Å². The zero-order valence-electron chi connectivity index (χ0n) is 20.4. The smallest absolute Gasteiger partial charge is 0.208 e. The van der Waals surface area contributed by atoms with Crippen LogP contribution in [0, 0.1) is 12.3 Å². The standard InChI is InChI=1S/C27H30Cl2N4O/c1-17-14-19(29)15-23(34-6)24(17)31-26-30-21-8-7-9-22(25(21)32(26)5)33(16-27(2,3)4)20-12-10-18(28)11-13-20/h7-15H,16H2,1-6H3,(H,30,31). The van der Waals surface area contributed by atoms with Gasteiger partial charge in [-0.2, -0.15) is 0 Å². The van der Waals surface area contributed by atoms with Crippen LogP contribution < -0.4 is 15.0 Å². The van der Waals surface area contributed by atoms with Gasteiger partial charge in [0, 0.05) is 35.4 Å². The molecule has 1 aromatic heterocycles. The monoisotopic (exact) mass is 496 g/mol. The molecule has 0 bridgehead atoms. The van der Waals surface area contributed by atoms with Gasteiger partial charge >= 0.3 is 0 Å². The quantitative estimate of drug-likeness (QED) is 0.292. The molecule has 0 aliphatic rings. The summed E-state index contributed by atoms with van der Waals surface area (Å²) in [6.07, 6.45) is 0. The highest BCUT2D eigenvalue weighted by molar-refractivity contribution is 6.31. The Morgan fingerprint density at radius 3 is 2.38 bits per heavy atom. The third kappa shape index (κ3) is 4.96. The second-order valence-electron chi connectivity index (χ2n) is 9.69. The fourth-order valence-electron chi connectivity index (χ4n) is 4.13. The summed E-state index contributed by atoms with van der Waals surface area (Å²) in [6, 6.07) is 17.9. The van der Waals surface area contributed by atoms with E-state index in [4.69, 9.17) is 32.9 Å². The lowest BCUT2D eigenvalue weighted by Crippen LogP contribution is -2.29. The predicted octanol–water partition coefficient (Wildman–Crippen LogP) is 8.12. The van der Waals surface area contributed by atoms with Gasteiger partial charge in [-0.3, -0.25) is 0 Å². The largest absolute Gasteiger partial charge is 0.495 e. The van der Waals surface area contributed by atoms with Gasteiger partial charge in [-0.25, -0.2) is 4.98 Å². The molecule has 0 aliphatic carbocycles. The molecule has 0 atom stereocenters. The Labute approximate surface area is 211 Å². The molecule has 0 spiro atoms. The van der Waals surface area contributed by atoms with Crippen molar-refractivity contribution >= 4 is 57.2 Å². The molecular formula is C27H30Cl2N4O. The zero-order valence-corrected chi connectivity index (χ0v) is 21.9. The molecule has 1 N–H and O–H groups in total. The molecule has 0 saturated carbocycles. The summed E-state index contributed by atoms with van der Waals surface area (Å²) in [5.41, 5.74) is 5.99. The van der Waals surface area contributed by atoms with Crippen molar-refractivity contribution in [3.05, 3.63) is 70.2 Å². The molecule has 0 fully saturated rings. The Balaban J connectivity index is 1.85. The molecule has 0 saturated heterocycles. The number of nitrogens with zero attached hydrogens (tertiary/aromatic N) is 3. The van der Waals surface area contributed by atoms with E-state index in [9.17, 15) is 0 Å². The number of hydrogen-bond acceptors (Lipinski definition) is 4. The minimum absolute atomic E-state index is 0.0647. The highest BCUT2D eigenvalue weighted by Gasteiger charge is 2.23. The molecule has 0 unspecified atom stereocenters. The molecule has 0 radical (unpaired) electrons. The van der Waals surface area contributed by atoms with E-state index in [-0.39, 0.29) is 5.41 Å². The molecule has 4 rings (SSSR count). The van der Waals surface area contributed by atoms with Gasteiger partial charge in [0.2, 0.25) is 5.95 Å². The number of imidazole rings is 1. The van der Waals surface area contributed by atoms with Gasteiger partial charge in [-0.15, -0.1) is 0 Å². The maximum absolute atomic E-state index is 6.23. The number of nitrogens with one attached hydrogen (secondary N) is 1. The van der Waals surface area contributed by atoms with Crippen LogP contribution in [0.25, 0.3) is 11.0 Å². The van der Waals surface area contributed by atoms with E-state index in [1.165, 1.54) is 0 Å². The van der Waals surface area contributed by atoms with Crippen LogP contribution in [-0.4, -0.2) is 23.2 Å². The SMILES string of the molecule is COc1cc(Cl)cc(C)c1Nc1nc2cccc(N(CC(C)(C)C)c3ccc(Cl)cc3)c2n1C. The second kappa shape index (κ2) is 9.40. The number of methoxy groups -OCH3 is 1. The minimum Gasteiger partial charge on any atom is -0.495 e. The summed E-state index contributed by atoms with van der Waals surface area (Å²) in [4.78, 5) is 7.24. The van der Waals surface area contributed by atoms with Gasteiger partial charge in [-0.1, -0.05) is 50.0 Å². The third-order valence-electron chi connectivity index (χ3n) is 5.66. The van der Waals surface area contributed by atoms with Gasteiger partial charge in [-0.05, 0) is 60.4 Å². The number of halogens is 2. The third-order valence-corrected chi connectivity index (χ3v) is 6.13. The van der Waals surface area contributed by atoms with Crippen molar-refractivity contribution in [3.63, 3.8) is 0 Å². The normalized spacial score (nSPS) is 11.6. The summed E-state index contributed by atoms with van der Waals surface area (Å²) < 4.78 is 7.66. The number of ether oxygens (including phenoxy) is 1. The Hall–Kier alpha value is -2.89. The number of aryl methyl sites for hydroxylation is 2. The minimum atomic E-state index is 0.0647. The van der Waals surface area contributed by atoms with Crippen LogP contribution in [0.15, 0.2) is 54.6 Å². The molecule has 7 heteroatoms. The molecule has 0 aliphatic heterocycles. The molecular weight excluding hydrogens is 467 g/mol. The van der Waals surface area contributed by atoms with Crippen molar-refractivity contribution in [1.29, 1.82) is 0 Å². The molecule has 3 aromatic carbocycles. The Bertz CT molecular complexity index is 1320. The molecule has 4 aromatic rings. The first-order valence-corrected chi connectivity index (χ1v) is 11.9. The number of fused-ring (bicyclic) bond motifs is 1. The van der Waals surface area contributed by atoms with Crippen LogP contribution in [0.1, 0.15) is 26.3 Å². The van der Waals surface area contributed by atoms with Crippen molar-refractivity contribution < 1.29 is 4.74 Å².